The van der Waals surface area contributed by atoms with Crippen molar-refractivity contribution in [2.24, 2.45) is 0 Å². The summed E-state index contributed by atoms with van der Waals surface area (Å²) in [5, 5.41) is 0. The van der Waals surface area contributed by atoms with E-state index < -0.39 is 18.2 Å². The van der Waals surface area contributed by atoms with Crippen molar-refractivity contribution >= 4 is 18.2 Å². The van der Waals surface area contributed by atoms with E-state index in [-0.39, 0.29) is 59.1 Å². The molecule has 0 rings (SSSR count). The molecule has 0 spiro atoms. The molecule has 0 aromatic rings. The Morgan fingerprint density at radius 1 is 0.789 bits per heavy atom. The van der Waals surface area contributed by atoms with Gasteiger partial charge in [0.2, 0.25) is 0 Å². The van der Waals surface area contributed by atoms with Gasteiger partial charge in [-0.05, 0) is 27.7 Å². The summed E-state index contributed by atoms with van der Waals surface area (Å²) in [6.07, 6.45) is 0. The van der Waals surface area contributed by atoms with Crippen LogP contribution in [0.5, 0.6) is 0 Å². The van der Waals surface area contributed by atoms with Gasteiger partial charge in [-0.2, -0.15) is 0 Å². The summed E-state index contributed by atoms with van der Waals surface area (Å²) in [7, 11) is -6.43. The van der Waals surface area contributed by atoms with E-state index in [1.54, 1.807) is 0 Å². The van der Waals surface area contributed by atoms with Crippen LogP contribution in [0.4, 0.5) is 0 Å². The second kappa shape index (κ2) is 19.7. The van der Waals surface area contributed by atoms with Gasteiger partial charge < -0.3 is 31.8 Å². The van der Waals surface area contributed by atoms with Crippen LogP contribution < -0.4 is 68.7 Å². The standard InChI is InChI=1S/C8H20O4Si.2Na.O3Si/c1-5-9-13(10-6-2,11-7-3)12-8-4;;;1-4(2)3/h5-8H2,1-4H3;;;/q;2*+1;-2. The zero-order valence-electron chi connectivity index (χ0n) is 12.7. The zero-order valence-corrected chi connectivity index (χ0v) is 18.7. The number of rotatable bonds is 8. The summed E-state index contributed by atoms with van der Waals surface area (Å²) in [5.74, 6) is 0. The topological polar surface area (TPSA) is 100 Å². The molecule has 0 aliphatic carbocycles. The van der Waals surface area contributed by atoms with Crippen LogP contribution >= 0.6 is 0 Å². The molecule has 0 aromatic heterocycles. The van der Waals surface area contributed by atoms with Gasteiger partial charge >= 0.3 is 68.2 Å². The molecule has 0 aliphatic heterocycles. The predicted molar refractivity (Wildman–Crippen MR) is 58.7 cm³/mol. The number of hydrogen-bond donors (Lipinski definition) is 0. The van der Waals surface area contributed by atoms with E-state index in [1.807, 2.05) is 27.7 Å². The van der Waals surface area contributed by atoms with Crippen molar-refractivity contribution in [3.63, 3.8) is 0 Å². The van der Waals surface area contributed by atoms with Crippen LogP contribution in [0, 0.1) is 0 Å². The normalized spacial score (nSPS) is 9.47. The van der Waals surface area contributed by atoms with Gasteiger partial charge in [0.1, 0.15) is 0 Å². The van der Waals surface area contributed by atoms with E-state index in [0.29, 0.717) is 26.4 Å². The molecule has 0 saturated heterocycles. The molecular formula is C8H20Na2O7Si2. The van der Waals surface area contributed by atoms with Crippen molar-refractivity contribution in [2.45, 2.75) is 27.7 Å². The first-order chi connectivity index (χ1) is 7.97. The van der Waals surface area contributed by atoms with Gasteiger partial charge in [0.25, 0.3) is 0 Å². The molecule has 7 nitrogen and oxygen atoms in total. The Balaban J connectivity index is -0.000000165. The quantitative estimate of drug-likeness (QED) is 0.408. The summed E-state index contributed by atoms with van der Waals surface area (Å²) < 4.78 is 30.2. The number of hydrogen-bond acceptors (Lipinski definition) is 7. The third kappa shape index (κ3) is 19.7. The van der Waals surface area contributed by atoms with Crippen LogP contribution in [-0.2, 0) is 22.2 Å². The van der Waals surface area contributed by atoms with Crippen LogP contribution in [0.15, 0.2) is 0 Å². The molecule has 0 heterocycles. The van der Waals surface area contributed by atoms with Gasteiger partial charge in [0, 0.05) is 35.6 Å². The summed E-state index contributed by atoms with van der Waals surface area (Å²) in [4.78, 5) is 17.0. The Morgan fingerprint density at radius 2 is 0.947 bits per heavy atom. The first-order valence-corrected chi connectivity index (χ1v) is 8.27. The summed E-state index contributed by atoms with van der Waals surface area (Å²) >= 11 is 0. The molecule has 0 amide bonds. The van der Waals surface area contributed by atoms with E-state index in [4.69, 9.17) is 31.8 Å². The maximum atomic E-state index is 8.52. The fourth-order valence-electron chi connectivity index (χ4n) is 0.957. The Bertz CT molecular complexity index is 166. The van der Waals surface area contributed by atoms with Crippen molar-refractivity contribution in [1.82, 2.24) is 0 Å². The maximum absolute atomic E-state index is 8.52. The van der Waals surface area contributed by atoms with E-state index in [0.717, 1.165) is 0 Å². The molecule has 19 heavy (non-hydrogen) atoms. The van der Waals surface area contributed by atoms with E-state index in [2.05, 4.69) is 0 Å². The van der Waals surface area contributed by atoms with Crippen molar-refractivity contribution in [2.75, 3.05) is 26.4 Å². The molecule has 0 aromatic carbocycles. The smallest absolute Gasteiger partial charge is 0.672 e. The van der Waals surface area contributed by atoms with Gasteiger partial charge in [-0.3, -0.25) is 0 Å². The summed E-state index contributed by atoms with van der Waals surface area (Å²) in [6.45, 7) is 9.80. The Hall–Kier alpha value is 1.67. The molecular weight excluding hydrogens is 310 g/mol. The third-order valence-corrected chi connectivity index (χ3v) is 3.85. The Kier molecular flexibility index (Phi) is 29.8. The molecule has 0 atom stereocenters. The Labute approximate surface area is 161 Å². The summed E-state index contributed by atoms with van der Waals surface area (Å²) in [6, 6.07) is 0. The van der Waals surface area contributed by atoms with E-state index >= 15 is 0 Å². The van der Waals surface area contributed by atoms with Crippen LogP contribution in [0.25, 0.3) is 0 Å². The first kappa shape index (κ1) is 28.8. The van der Waals surface area contributed by atoms with Crippen LogP contribution in [0.1, 0.15) is 27.7 Å². The Morgan fingerprint density at radius 3 is 1.05 bits per heavy atom. The largest absolute Gasteiger partial charge is 1.00 e. The minimum Gasteiger partial charge on any atom is -0.672 e. The van der Waals surface area contributed by atoms with Crippen molar-refractivity contribution in [3.8, 4) is 0 Å². The maximum Gasteiger partial charge on any atom is 1.00 e. The average Bonchev–Trinajstić information content (AvgIpc) is 2.18. The molecule has 0 fully saturated rings. The van der Waals surface area contributed by atoms with Crippen LogP contribution in [0.3, 0.4) is 0 Å². The van der Waals surface area contributed by atoms with Gasteiger partial charge in [-0.1, -0.05) is 0 Å². The summed E-state index contributed by atoms with van der Waals surface area (Å²) in [5.41, 5.74) is 0. The second-order valence-electron chi connectivity index (χ2n) is 2.48. The fraction of sp³-hybridized carbons (Fsp3) is 1.00. The molecule has 0 aliphatic rings. The zero-order chi connectivity index (χ0) is 13.7. The molecule has 104 valence electrons. The average molecular weight is 330 g/mol. The molecule has 0 saturated carbocycles. The van der Waals surface area contributed by atoms with E-state index in [9.17, 15) is 0 Å². The molecule has 0 bridgehead atoms. The SMILES string of the molecule is CCO[Si](OCC)(OCC)OCC.O=[Si]([O-])[O-].[Na+].[Na+]. The minimum absolute atomic E-state index is 0. The third-order valence-electron chi connectivity index (χ3n) is 1.28. The van der Waals surface area contributed by atoms with Gasteiger partial charge in [0.05, 0.1) is 0 Å². The molecule has 0 unspecified atom stereocenters. The van der Waals surface area contributed by atoms with Crippen LogP contribution in [0.2, 0.25) is 0 Å². The van der Waals surface area contributed by atoms with Crippen LogP contribution in [-0.4, -0.2) is 44.6 Å². The second-order valence-corrected chi connectivity index (χ2v) is 5.14. The molecule has 11 heteroatoms. The van der Waals surface area contributed by atoms with Crippen molar-refractivity contribution in [3.05, 3.63) is 0 Å². The van der Waals surface area contributed by atoms with Crippen molar-refractivity contribution in [1.29, 1.82) is 0 Å². The molecule has 0 N–H and O–H groups in total. The minimum atomic E-state index is -3.63. The van der Waals surface area contributed by atoms with Gasteiger partial charge in [-0.15, -0.1) is 0 Å². The first-order valence-electron chi connectivity index (χ1n) is 5.41. The van der Waals surface area contributed by atoms with E-state index in [1.165, 1.54) is 0 Å². The molecule has 0 radical (unpaired) electrons. The van der Waals surface area contributed by atoms with Crippen molar-refractivity contribution < 1.29 is 90.9 Å². The monoisotopic (exact) mass is 330 g/mol. The van der Waals surface area contributed by atoms with Gasteiger partial charge in [0.15, 0.2) is 0 Å². The predicted octanol–water partition coefficient (Wildman–Crippen LogP) is -7.30. The fourth-order valence-corrected chi connectivity index (χ4v) is 2.87. The van der Waals surface area contributed by atoms with Gasteiger partial charge in [-0.25, -0.2) is 0 Å².